The molecule has 1 unspecified atom stereocenters. The maximum absolute atomic E-state index is 12.2. The number of carboxylic acids is 1. The largest absolute Gasteiger partial charge is 0.508 e. The SMILES string of the molecule is CC1=C(C(=O)O)N2C(=O)C(NC(=O)COc3ccc(O)cc3)[C@@H]2SC1. The van der Waals surface area contributed by atoms with E-state index in [9.17, 15) is 24.6 Å². The zero-order valence-electron chi connectivity index (χ0n) is 13.3. The zero-order valence-corrected chi connectivity index (χ0v) is 14.1. The molecule has 1 aromatic rings. The number of carboxylic acid groups (broad SMARTS) is 1. The van der Waals surface area contributed by atoms with E-state index >= 15 is 0 Å². The molecule has 0 radical (unpaired) electrons. The van der Waals surface area contributed by atoms with E-state index in [0.29, 0.717) is 17.1 Å². The first-order valence-corrected chi connectivity index (χ1v) is 8.52. The molecule has 2 amide bonds. The summed E-state index contributed by atoms with van der Waals surface area (Å²) >= 11 is 1.41. The maximum Gasteiger partial charge on any atom is 0.352 e. The first kappa shape index (κ1) is 17.2. The van der Waals surface area contributed by atoms with Gasteiger partial charge in [0.25, 0.3) is 11.8 Å². The second-order valence-corrected chi connectivity index (χ2v) is 6.78. The lowest BCUT2D eigenvalue weighted by molar-refractivity contribution is -0.150. The van der Waals surface area contributed by atoms with Gasteiger partial charge in [0, 0.05) is 5.75 Å². The lowest BCUT2D eigenvalue weighted by Crippen LogP contribution is -2.70. The summed E-state index contributed by atoms with van der Waals surface area (Å²) in [5.41, 5.74) is 0.627. The number of phenolic OH excluding ortho intramolecular Hbond substituents is 1. The fourth-order valence-corrected chi connectivity index (χ4v) is 3.97. The third-order valence-electron chi connectivity index (χ3n) is 3.88. The van der Waals surface area contributed by atoms with Gasteiger partial charge in [-0.1, -0.05) is 0 Å². The minimum Gasteiger partial charge on any atom is -0.508 e. The van der Waals surface area contributed by atoms with Crippen molar-refractivity contribution in [2.24, 2.45) is 0 Å². The Kier molecular flexibility index (Phi) is 4.58. The number of nitrogens with zero attached hydrogens (tertiary/aromatic N) is 1. The van der Waals surface area contributed by atoms with Gasteiger partial charge in [0.05, 0.1) is 0 Å². The molecule has 1 fully saturated rings. The normalized spacial score (nSPS) is 22.1. The van der Waals surface area contributed by atoms with E-state index in [-0.39, 0.29) is 18.1 Å². The lowest BCUT2D eigenvalue weighted by Gasteiger charge is -2.49. The van der Waals surface area contributed by atoms with E-state index in [4.69, 9.17) is 4.74 Å². The van der Waals surface area contributed by atoms with Crippen molar-refractivity contribution in [2.75, 3.05) is 12.4 Å². The van der Waals surface area contributed by atoms with E-state index in [1.54, 1.807) is 6.92 Å². The Bertz CT molecular complexity index is 760. The predicted molar refractivity (Wildman–Crippen MR) is 89.0 cm³/mol. The van der Waals surface area contributed by atoms with Crippen molar-refractivity contribution in [3.8, 4) is 11.5 Å². The summed E-state index contributed by atoms with van der Waals surface area (Å²) in [6.07, 6.45) is 0. The summed E-state index contributed by atoms with van der Waals surface area (Å²) in [7, 11) is 0. The number of fused-ring (bicyclic) bond motifs is 1. The van der Waals surface area contributed by atoms with Crippen molar-refractivity contribution in [2.45, 2.75) is 18.3 Å². The van der Waals surface area contributed by atoms with Gasteiger partial charge in [-0.15, -0.1) is 11.8 Å². The van der Waals surface area contributed by atoms with E-state index in [1.807, 2.05) is 0 Å². The first-order valence-electron chi connectivity index (χ1n) is 7.47. The topological polar surface area (TPSA) is 116 Å². The van der Waals surface area contributed by atoms with Crippen LogP contribution in [0.4, 0.5) is 0 Å². The molecular weight excluding hydrogens is 348 g/mol. The molecule has 0 saturated carbocycles. The quantitative estimate of drug-likeness (QED) is 0.653. The highest BCUT2D eigenvalue weighted by molar-refractivity contribution is 8.00. The van der Waals surface area contributed by atoms with Crippen LogP contribution in [-0.2, 0) is 14.4 Å². The number of rotatable bonds is 5. The number of carbonyl (C=O) groups is 3. The van der Waals surface area contributed by atoms with Gasteiger partial charge < -0.3 is 20.3 Å². The van der Waals surface area contributed by atoms with Crippen LogP contribution in [0.5, 0.6) is 11.5 Å². The van der Waals surface area contributed by atoms with E-state index in [2.05, 4.69) is 5.32 Å². The Morgan fingerprint density at radius 2 is 2.04 bits per heavy atom. The summed E-state index contributed by atoms with van der Waals surface area (Å²) in [5, 5.41) is 20.6. The first-order chi connectivity index (χ1) is 11.9. The molecule has 2 aliphatic rings. The van der Waals surface area contributed by atoms with Crippen LogP contribution in [0, 0.1) is 0 Å². The second kappa shape index (κ2) is 6.67. The van der Waals surface area contributed by atoms with E-state index in [0.717, 1.165) is 0 Å². The van der Waals surface area contributed by atoms with Gasteiger partial charge in [-0.2, -0.15) is 0 Å². The fourth-order valence-electron chi connectivity index (χ4n) is 2.68. The average molecular weight is 364 g/mol. The summed E-state index contributed by atoms with van der Waals surface area (Å²) < 4.78 is 5.28. The van der Waals surface area contributed by atoms with Gasteiger partial charge in [0.15, 0.2) is 6.61 Å². The van der Waals surface area contributed by atoms with E-state index < -0.39 is 29.2 Å². The maximum atomic E-state index is 12.2. The number of benzene rings is 1. The van der Waals surface area contributed by atoms with Crippen molar-refractivity contribution in [3.05, 3.63) is 35.5 Å². The Labute approximate surface area is 147 Å². The molecule has 1 saturated heterocycles. The number of carbonyl (C=O) groups excluding carboxylic acids is 2. The molecule has 0 spiro atoms. The van der Waals surface area contributed by atoms with Crippen LogP contribution in [0.3, 0.4) is 0 Å². The zero-order chi connectivity index (χ0) is 18.1. The number of ether oxygens (including phenoxy) is 1. The van der Waals surface area contributed by atoms with Crippen LogP contribution >= 0.6 is 11.8 Å². The Hall–Kier alpha value is -2.68. The third-order valence-corrected chi connectivity index (χ3v) is 5.31. The molecule has 2 aliphatic heterocycles. The number of hydrogen-bond acceptors (Lipinski definition) is 6. The van der Waals surface area contributed by atoms with Crippen LogP contribution in [0.1, 0.15) is 6.92 Å². The number of amides is 2. The molecule has 0 aliphatic carbocycles. The van der Waals surface area contributed by atoms with Gasteiger partial charge in [-0.25, -0.2) is 4.79 Å². The van der Waals surface area contributed by atoms with Gasteiger partial charge in [-0.05, 0) is 36.8 Å². The Morgan fingerprint density at radius 1 is 1.36 bits per heavy atom. The van der Waals surface area contributed by atoms with Crippen molar-refractivity contribution < 1.29 is 29.3 Å². The highest BCUT2D eigenvalue weighted by Gasteiger charge is 2.53. The van der Waals surface area contributed by atoms with Crippen molar-refractivity contribution in [3.63, 3.8) is 0 Å². The molecule has 3 rings (SSSR count). The fraction of sp³-hybridized carbons (Fsp3) is 0.312. The molecule has 1 aromatic carbocycles. The van der Waals surface area contributed by atoms with Crippen LogP contribution in [0.2, 0.25) is 0 Å². The van der Waals surface area contributed by atoms with Gasteiger partial charge in [-0.3, -0.25) is 14.5 Å². The molecule has 2 heterocycles. The molecular formula is C16H16N2O6S. The number of hydrogen-bond donors (Lipinski definition) is 3. The third kappa shape index (κ3) is 3.27. The molecule has 2 atom stereocenters. The number of phenols is 1. The molecule has 132 valence electrons. The van der Waals surface area contributed by atoms with Crippen molar-refractivity contribution in [1.82, 2.24) is 10.2 Å². The van der Waals surface area contributed by atoms with Crippen LogP contribution in [0.25, 0.3) is 0 Å². The molecule has 0 aromatic heterocycles. The van der Waals surface area contributed by atoms with Gasteiger partial charge in [0.1, 0.15) is 28.6 Å². The second-order valence-electron chi connectivity index (χ2n) is 5.67. The van der Waals surface area contributed by atoms with E-state index in [1.165, 1.54) is 40.9 Å². The highest BCUT2D eigenvalue weighted by Crippen LogP contribution is 2.40. The molecule has 3 N–H and O–H groups in total. The molecule has 0 bridgehead atoms. The molecule has 8 nitrogen and oxygen atoms in total. The summed E-state index contributed by atoms with van der Waals surface area (Å²) in [4.78, 5) is 36.8. The number of thioether (sulfide) groups is 1. The minimum absolute atomic E-state index is 0.000378. The highest BCUT2D eigenvalue weighted by atomic mass is 32.2. The van der Waals surface area contributed by atoms with Gasteiger partial charge >= 0.3 is 5.97 Å². The number of aromatic hydroxyl groups is 1. The van der Waals surface area contributed by atoms with Crippen LogP contribution < -0.4 is 10.1 Å². The molecule has 9 heteroatoms. The van der Waals surface area contributed by atoms with Crippen LogP contribution in [-0.4, -0.2) is 56.7 Å². The summed E-state index contributed by atoms with van der Waals surface area (Å²) in [6.45, 7) is 1.39. The van der Waals surface area contributed by atoms with Gasteiger partial charge in [0.2, 0.25) is 0 Å². The smallest absolute Gasteiger partial charge is 0.352 e. The Balaban J connectivity index is 1.58. The predicted octanol–water partition coefficient (Wildman–Crippen LogP) is 0.529. The lowest BCUT2D eigenvalue weighted by atomic mass is 10.0. The minimum atomic E-state index is -1.14. The number of β-lactam (4-membered cyclic amide) rings is 1. The van der Waals surface area contributed by atoms with Crippen molar-refractivity contribution in [1.29, 1.82) is 0 Å². The van der Waals surface area contributed by atoms with Crippen LogP contribution in [0.15, 0.2) is 35.5 Å². The summed E-state index contributed by atoms with van der Waals surface area (Å²) in [5.74, 6) is -1.07. The summed E-state index contributed by atoms with van der Waals surface area (Å²) in [6, 6.07) is 5.14. The average Bonchev–Trinajstić information content (AvgIpc) is 2.58. The van der Waals surface area contributed by atoms with Crippen molar-refractivity contribution >= 4 is 29.5 Å². The Morgan fingerprint density at radius 3 is 2.68 bits per heavy atom. The number of nitrogens with one attached hydrogen (secondary N) is 1. The standard InChI is InChI=1S/C16H16N2O6S/c1-8-7-25-15-12(14(21)18(15)13(8)16(22)23)17-11(20)6-24-10-4-2-9(19)3-5-10/h2-5,12,15,19H,6-7H2,1H3,(H,17,20)(H,22,23)/t12?,15-/m0/s1. The number of aliphatic carboxylic acids is 1. The monoisotopic (exact) mass is 364 g/mol. The molecule has 25 heavy (non-hydrogen) atoms.